The van der Waals surface area contributed by atoms with Crippen molar-refractivity contribution in [3.8, 4) is 0 Å². The minimum absolute atomic E-state index is 0.0117. The van der Waals surface area contributed by atoms with Gasteiger partial charge in [0, 0.05) is 19.8 Å². The van der Waals surface area contributed by atoms with Gasteiger partial charge in [0.05, 0.1) is 6.54 Å². The minimum Gasteiger partial charge on any atom is -0.381 e. The predicted molar refractivity (Wildman–Crippen MR) is 77.4 cm³/mol. The van der Waals surface area contributed by atoms with Crippen molar-refractivity contribution >= 4 is 11.8 Å². The lowest BCUT2D eigenvalue weighted by Gasteiger charge is -2.35. The van der Waals surface area contributed by atoms with Gasteiger partial charge in [-0.2, -0.15) is 0 Å². The Morgan fingerprint density at radius 2 is 2.05 bits per heavy atom. The van der Waals surface area contributed by atoms with E-state index in [0.717, 1.165) is 31.6 Å². The summed E-state index contributed by atoms with van der Waals surface area (Å²) in [4.78, 5) is 26.1. The lowest BCUT2D eigenvalue weighted by Crippen LogP contribution is -2.53. The lowest BCUT2D eigenvalue weighted by molar-refractivity contribution is -0.146. The molecule has 0 radical (unpaired) electrons. The molecule has 0 aliphatic carbocycles. The second-order valence-electron chi connectivity index (χ2n) is 5.64. The average molecular weight is 288 g/mol. The molecule has 0 aromatic heterocycles. The number of hydrogen-bond donors (Lipinski definition) is 1. The molecule has 2 saturated heterocycles. The number of carbonyl (C=O) groups excluding carboxylic acids is 2. The van der Waals surface area contributed by atoms with Crippen molar-refractivity contribution < 1.29 is 14.3 Å². The zero-order chi connectivity index (χ0) is 14.7. The van der Waals surface area contributed by atoms with E-state index in [9.17, 15) is 9.59 Å². The summed E-state index contributed by atoms with van der Waals surface area (Å²) in [6.45, 7) is 2.29. The molecule has 2 aliphatic heterocycles. The van der Waals surface area contributed by atoms with Crippen LogP contribution in [0.15, 0.2) is 30.3 Å². The van der Waals surface area contributed by atoms with E-state index in [4.69, 9.17) is 4.74 Å². The highest BCUT2D eigenvalue weighted by Gasteiger charge is 2.35. The molecule has 0 bridgehead atoms. The summed E-state index contributed by atoms with van der Waals surface area (Å²) in [7, 11) is 0. The molecule has 5 nitrogen and oxygen atoms in total. The zero-order valence-corrected chi connectivity index (χ0v) is 12.0. The first-order valence-electron chi connectivity index (χ1n) is 7.45. The molecule has 1 aromatic carbocycles. The first-order chi connectivity index (χ1) is 10.3. The van der Waals surface area contributed by atoms with E-state index in [2.05, 4.69) is 5.32 Å². The highest BCUT2D eigenvalue weighted by Crippen LogP contribution is 2.26. The fourth-order valence-electron chi connectivity index (χ4n) is 3.00. The highest BCUT2D eigenvalue weighted by atomic mass is 16.5. The third-order valence-corrected chi connectivity index (χ3v) is 4.21. The molecule has 2 fully saturated rings. The normalized spacial score (nSPS) is 26.0. The van der Waals surface area contributed by atoms with Crippen molar-refractivity contribution in [3.05, 3.63) is 35.9 Å². The molecule has 2 amide bonds. The van der Waals surface area contributed by atoms with Crippen molar-refractivity contribution in [1.29, 1.82) is 0 Å². The van der Waals surface area contributed by atoms with Gasteiger partial charge in [-0.3, -0.25) is 9.59 Å². The maximum atomic E-state index is 12.2. The van der Waals surface area contributed by atoms with E-state index in [1.165, 1.54) is 0 Å². The molecule has 3 rings (SSSR count). The van der Waals surface area contributed by atoms with Gasteiger partial charge in [0.2, 0.25) is 11.8 Å². The van der Waals surface area contributed by atoms with Gasteiger partial charge in [-0.1, -0.05) is 30.3 Å². The Kier molecular flexibility index (Phi) is 4.20. The number of rotatable bonds is 4. The predicted octanol–water partition coefficient (Wildman–Crippen LogP) is 1.11. The first kappa shape index (κ1) is 14.1. The minimum atomic E-state index is -0.505. The van der Waals surface area contributed by atoms with Gasteiger partial charge in [0.1, 0.15) is 6.04 Å². The molecule has 1 aromatic rings. The van der Waals surface area contributed by atoms with Crippen LogP contribution in [0.4, 0.5) is 0 Å². The summed E-state index contributed by atoms with van der Waals surface area (Å²) < 4.78 is 5.37. The van der Waals surface area contributed by atoms with Crippen LogP contribution in [0, 0.1) is 5.92 Å². The standard InChI is InChI=1S/C16H20N2O3/c19-14-10-17-16(20)15(13-4-2-1-3-5-13)18(14)8-6-12-7-9-21-11-12/h1-5,12,15H,6-11H2,(H,17,20). The fraction of sp³-hybridized carbons (Fsp3) is 0.500. The maximum absolute atomic E-state index is 12.2. The van der Waals surface area contributed by atoms with Crippen molar-refractivity contribution in [1.82, 2.24) is 10.2 Å². The molecule has 5 heteroatoms. The van der Waals surface area contributed by atoms with Crippen LogP contribution in [0.3, 0.4) is 0 Å². The molecule has 1 N–H and O–H groups in total. The second kappa shape index (κ2) is 6.26. The Labute approximate surface area is 124 Å². The van der Waals surface area contributed by atoms with E-state index < -0.39 is 6.04 Å². The Morgan fingerprint density at radius 1 is 1.24 bits per heavy atom. The average Bonchev–Trinajstić information content (AvgIpc) is 3.02. The number of benzene rings is 1. The van der Waals surface area contributed by atoms with Gasteiger partial charge in [0.15, 0.2) is 0 Å². The van der Waals surface area contributed by atoms with E-state index in [1.54, 1.807) is 4.90 Å². The number of amides is 2. The largest absolute Gasteiger partial charge is 0.381 e. The number of carbonyl (C=O) groups is 2. The van der Waals surface area contributed by atoms with Gasteiger partial charge < -0.3 is 15.0 Å². The summed E-state index contributed by atoms with van der Waals surface area (Å²) in [5, 5.41) is 2.68. The van der Waals surface area contributed by atoms with Gasteiger partial charge in [-0.05, 0) is 24.3 Å². The van der Waals surface area contributed by atoms with Gasteiger partial charge in [-0.25, -0.2) is 0 Å². The third kappa shape index (κ3) is 3.08. The summed E-state index contributed by atoms with van der Waals surface area (Å²) in [5.74, 6) is 0.394. The molecular formula is C16H20N2O3. The van der Waals surface area contributed by atoms with Gasteiger partial charge >= 0.3 is 0 Å². The van der Waals surface area contributed by atoms with E-state index >= 15 is 0 Å². The quantitative estimate of drug-likeness (QED) is 0.903. The van der Waals surface area contributed by atoms with Crippen LogP contribution in [-0.2, 0) is 14.3 Å². The number of hydrogen-bond acceptors (Lipinski definition) is 3. The van der Waals surface area contributed by atoms with Crippen LogP contribution >= 0.6 is 0 Å². The van der Waals surface area contributed by atoms with E-state index in [-0.39, 0.29) is 18.4 Å². The second-order valence-corrected chi connectivity index (χ2v) is 5.64. The van der Waals surface area contributed by atoms with Gasteiger partial charge in [0.25, 0.3) is 0 Å². The highest BCUT2D eigenvalue weighted by molar-refractivity contribution is 5.95. The molecule has 2 atom stereocenters. The Hall–Kier alpha value is -1.88. The molecule has 112 valence electrons. The van der Waals surface area contributed by atoms with Crippen LogP contribution in [0.25, 0.3) is 0 Å². The zero-order valence-electron chi connectivity index (χ0n) is 12.0. The Morgan fingerprint density at radius 3 is 2.76 bits per heavy atom. The lowest BCUT2D eigenvalue weighted by atomic mass is 9.99. The SMILES string of the molecule is O=C1NCC(=O)N(CCC2CCOC2)C1c1ccccc1. The number of nitrogens with zero attached hydrogens (tertiary/aromatic N) is 1. The van der Waals surface area contributed by atoms with E-state index in [1.807, 2.05) is 30.3 Å². The molecular weight excluding hydrogens is 268 g/mol. The molecule has 2 aliphatic rings. The summed E-state index contributed by atoms with van der Waals surface area (Å²) in [6.07, 6.45) is 1.94. The molecule has 2 heterocycles. The van der Waals surface area contributed by atoms with E-state index in [0.29, 0.717) is 12.5 Å². The first-order valence-corrected chi connectivity index (χ1v) is 7.45. The van der Waals surface area contributed by atoms with Crippen LogP contribution in [0.1, 0.15) is 24.4 Å². The van der Waals surface area contributed by atoms with Crippen molar-refractivity contribution in [2.75, 3.05) is 26.3 Å². The van der Waals surface area contributed by atoms with Crippen LogP contribution < -0.4 is 5.32 Å². The van der Waals surface area contributed by atoms with Crippen molar-refractivity contribution in [2.45, 2.75) is 18.9 Å². The van der Waals surface area contributed by atoms with Crippen molar-refractivity contribution in [2.24, 2.45) is 5.92 Å². The number of nitrogens with one attached hydrogen (secondary N) is 1. The summed E-state index contributed by atoms with van der Waals surface area (Å²) >= 11 is 0. The smallest absolute Gasteiger partial charge is 0.247 e. The topological polar surface area (TPSA) is 58.6 Å². The maximum Gasteiger partial charge on any atom is 0.247 e. The number of ether oxygens (including phenoxy) is 1. The molecule has 2 unspecified atom stereocenters. The summed E-state index contributed by atoms with van der Waals surface area (Å²) in [6, 6.07) is 8.99. The summed E-state index contributed by atoms with van der Waals surface area (Å²) in [5.41, 5.74) is 0.866. The molecule has 0 saturated carbocycles. The Bertz CT molecular complexity index is 512. The van der Waals surface area contributed by atoms with Gasteiger partial charge in [-0.15, -0.1) is 0 Å². The third-order valence-electron chi connectivity index (χ3n) is 4.21. The number of piperazine rings is 1. The Balaban J connectivity index is 1.75. The fourth-order valence-corrected chi connectivity index (χ4v) is 3.00. The van der Waals surface area contributed by atoms with Crippen LogP contribution in [-0.4, -0.2) is 43.0 Å². The van der Waals surface area contributed by atoms with Crippen molar-refractivity contribution in [3.63, 3.8) is 0 Å². The van der Waals surface area contributed by atoms with Crippen LogP contribution in [0.5, 0.6) is 0 Å². The van der Waals surface area contributed by atoms with Crippen LogP contribution in [0.2, 0.25) is 0 Å². The molecule has 0 spiro atoms. The monoisotopic (exact) mass is 288 g/mol. The molecule has 21 heavy (non-hydrogen) atoms.